The van der Waals surface area contributed by atoms with Crippen molar-refractivity contribution in [2.75, 3.05) is 5.75 Å². The summed E-state index contributed by atoms with van der Waals surface area (Å²) in [6.07, 6.45) is 4.11. The number of hydrogen-bond acceptors (Lipinski definition) is 3. The summed E-state index contributed by atoms with van der Waals surface area (Å²) in [6.45, 7) is 4.05. The minimum atomic E-state index is 0.788. The van der Waals surface area contributed by atoms with Crippen molar-refractivity contribution in [2.45, 2.75) is 13.8 Å². The maximum Gasteiger partial charge on any atom is 0.0903 e. The molecule has 1 nitrogen and oxygen atoms in total. The third kappa shape index (κ3) is 2.34. The highest BCUT2D eigenvalue weighted by atomic mass is 32.1. The fourth-order valence-electron chi connectivity index (χ4n) is 0.861. The SMILES string of the molecule is Cc1nc(C)c(C=CCS)s1. The first-order valence-corrected chi connectivity index (χ1v) is 4.90. The molecule has 0 N–H and O–H groups in total. The van der Waals surface area contributed by atoms with Crippen LogP contribution in [0, 0.1) is 13.8 Å². The summed E-state index contributed by atoms with van der Waals surface area (Å²) in [4.78, 5) is 5.55. The third-order valence-electron chi connectivity index (χ3n) is 1.31. The van der Waals surface area contributed by atoms with E-state index in [1.54, 1.807) is 11.3 Å². The lowest BCUT2D eigenvalue weighted by Crippen LogP contribution is -1.73. The fourth-order valence-corrected chi connectivity index (χ4v) is 1.83. The molecule has 0 bridgehead atoms. The number of aryl methyl sites for hydroxylation is 2. The molecular formula is C8H11NS2. The van der Waals surface area contributed by atoms with E-state index in [2.05, 4.69) is 23.7 Å². The molecule has 0 saturated carbocycles. The van der Waals surface area contributed by atoms with Gasteiger partial charge in [0.15, 0.2) is 0 Å². The van der Waals surface area contributed by atoms with Gasteiger partial charge in [0.05, 0.1) is 10.7 Å². The second-order valence-corrected chi connectivity index (χ2v) is 3.87. The van der Waals surface area contributed by atoms with Crippen LogP contribution in [0.5, 0.6) is 0 Å². The summed E-state index contributed by atoms with van der Waals surface area (Å²) in [5.74, 6) is 0.788. The van der Waals surface area contributed by atoms with E-state index in [0.717, 1.165) is 16.5 Å². The maximum absolute atomic E-state index is 4.31. The lowest BCUT2D eigenvalue weighted by atomic mass is 10.4. The molecule has 0 amide bonds. The van der Waals surface area contributed by atoms with Gasteiger partial charge in [-0.2, -0.15) is 12.6 Å². The Morgan fingerprint density at radius 3 is 2.73 bits per heavy atom. The summed E-state index contributed by atoms with van der Waals surface area (Å²) in [7, 11) is 0. The van der Waals surface area contributed by atoms with Crippen molar-refractivity contribution < 1.29 is 0 Å². The van der Waals surface area contributed by atoms with Crippen molar-refractivity contribution in [3.05, 3.63) is 21.7 Å². The lowest BCUT2D eigenvalue weighted by molar-refractivity contribution is 1.20. The number of nitrogens with zero attached hydrogens (tertiary/aromatic N) is 1. The number of aromatic nitrogens is 1. The van der Waals surface area contributed by atoms with Crippen molar-refractivity contribution in [2.24, 2.45) is 0 Å². The van der Waals surface area contributed by atoms with Gasteiger partial charge in [-0.15, -0.1) is 11.3 Å². The zero-order chi connectivity index (χ0) is 8.27. The van der Waals surface area contributed by atoms with E-state index in [1.807, 2.05) is 19.9 Å². The Morgan fingerprint density at radius 2 is 2.27 bits per heavy atom. The van der Waals surface area contributed by atoms with Gasteiger partial charge in [0.2, 0.25) is 0 Å². The zero-order valence-electron chi connectivity index (χ0n) is 6.66. The Balaban J connectivity index is 2.85. The molecular weight excluding hydrogens is 174 g/mol. The Kier molecular flexibility index (Phi) is 3.15. The van der Waals surface area contributed by atoms with Crippen LogP contribution in [0.1, 0.15) is 15.6 Å². The number of thiol groups is 1. The van der Waals surface area contributed by atoms with Crippen molar-refractivity contribution in [3.63, 3.8) is 0 Å². The first kappa shape index (κ1) is 8.81. The van der Waals surface area contributed by atoms with E-state index in [1.165, 1.54) is 4.88 Å². The third-order valence-corrected chi connectivity index (χ3v) is 2.56. The second-order valence-electron chi connectivity index (χ2n) is 2.27. The molecule has 1 rings (SSSR count). The molecule has 0 unspecified atom stereocenters. The molecule has 0 aliphatic carbocycles. The van der Waals surface area contributed by atoms with Gasteiger partial charge in [0.25, 0.3) is 0 Å². The Bertz CT molecular complexity index is 263. The summed E-state index contributed by atoms with van der Waals surface area (Å²) >= 11 is 5.81. The van der Waals surface area contributed by atoms with E-state index in [9.17, 15) is 0 Å². The van der Waals surface area contributed by atoms with Crippen LogP contribution in [0.25, 0.3) is 6.08 Å². The Labute approximate surface area is 76.6 Å². The van der Waals surface area contributed by atoms with Crippen LogP contribution in [-0.2, 0) is 0 Å². The predicted octanol–water partition coefficient (Wildman–Crippen LogP) is 2.70. The first-order chi connectivity index (χ1) is 5.24. The molecule has 1 aromatic rings. The molecule has 11 heavy (non-hydrogen) atoms. The van der Waals surface area contributed by atoms with E-state index >= 15 is 0 Å². The quantitative estimate of drug-likeness (QED) is 0.699. The maximum atomic E-state index is 4.31. The minimum Gasteiger partial charge on any atom is -0.246 e. The van der Waals surface area contributed by atoms with Crippen LogP contribution in [-0.4, -0.2) is 10.7 Å². The van der Waals surface area contributed by atoms with Crippen molar-refractivity contribution in [3.8, 4) is 0 Å². The summed E-state index contributed by atoms with van der Waals surface area (Å²) in [5.41, 5.74) is 1.12. The normalized spacial score (nSPS) is 11.2. The summed E-state index contributed by atoms with van der Waals surface area (Å²) in [6, 6.07) is 0. The van der Waals surface area contributed by atoms with E-state index in [4.69, 9.17) is 0 Å². The predicted molar refractivity (Wildman–Crippen MR) is 54.5 cm³/mol. The van der Waals surface area contributed by atoms with Gasteiger partial charge in [-0.3, -0.25) is 0 Å². The fraction of sp³-hybridized carbons (Fsp3) is 0.375. The molecule has 60 valence electrons. The highest BCUT2D eigenvalue weighted by Crippen LogP contribution is 2.18. The minimum absolute atomic E-state index is 0.788. The molecule has 3 heteroatoms. The zero-order valence-corrected chi connectivity index (χ0v) is 8.38. The van der Waals surface area contributed by atoms with Gasteiger partial charge in [0, 0.05) is 10.6 Å². The monoisotopic (exact) mass is 185 g/mol. The van der Waals surface area contributed by atoms with Crippen molar-refractivity contribution >= 4 is 30.0 Å². The highest BCUT2D eigenvalue weighted by molar-refractivity contribution is 7.80. The van der Waals surface area contributed by atoms with E-state index in [0.29, 0.717) is 0 Å². The standard InChI is InChI=1S/C8H11NS2/c1-6-8(4-3-5-10)11-7(2)9-6/h3-4,10H,5H2,1-2H3. The van der Waals surface area contributed by atoms with Crippen LogP contribution in [0.15, 0.2) is 6.08 Å². The van der Waals surface area contributed by atoms with Gasteiger partial charge in [0.1, 0.15) is 0 Å². The van der Waals surface area contributed by atoms with Crippen LogP contribution in [0.4, 0.5) is 0 Å². The highest BCUT2D eigenvalue weighted by Gasteiger charge is 1.98. The Hall–Kier alpha value is -0.280. The van der Waals surface area contributed by atoms with Gasteiger partial charge in [-0.25, -0.2) is 4.98 Å². The van der Waals surface area contributed by atoms with E-state index in [-0.39, 0.29) is 0 Å². The Morgan fingerprint density at radius 1 is 1.55 bits per heavy atom. The van der Waals surface area contributed by atoms with Crippen LogP contribution in [0.3, 0.4) is 0 Å². The molecule has 0 saturated heterocycles. The van der Waals surface area contributed by atoms with Crippen LogP contribution >= 0.6 is 24.0 Å². The number of rotatable bonds is 2. The molecule has 0 atom stereocenters. The average Bonchev–Trinajstić information content (AvgIpc) is 2.26. The summed E-state index contributed by atoms with van der Waals surface area (Å²) < 4.78 is 0. The molecule has 1 aromatic heterocycles. The van der Waals surface area contributed by atoms with Gasteiger partial charge < -0.3 is 0 Å². The van der Waals surface area contributed by atoms with Crippen molar-refractivity contribution in [1.29, 1.82) is 0 Å². The van der Waals surface area contributed by atoms with Crippen molar-refractivity contribution in [1.82, 2.24) is 4.98 Å². The molecule has 0 aromatic carbocycles. The average molecular weight is 185 g/mol. The first-order valence-electron chi connectivity index (χ1n) is 3.45. The lowest BCUT2D eigenvalue weighted by Gasteiger charge is -1.84. The second kappa shape index (κ2) is 3.93. The molecule has 0 aliphatic rings. The largest absolute Gasteiger partial charge is 0.246 e. The molecule has 0 aliphatic heterocycles. The number of hydrogen-bond donors (Lipinski definition) is 1. The molecule has 0 radical (unpaired) electrons. The number of thiazole rings is 1. The van der Waals surface area contributed by atoms with Crippen LogP contribution < -0.4 is 0 Å². The molecule has 0 spiro atoms. The molecule has 1 heterocycles. The van der Waals surface area contributed by atoms with Gasteiger partial charge in [-0.1, -0.05) is 6.08 Å². The summed E-state index contributed by atoms with van der Waals surface area (Å²) in [5, 5.41) is 1.13. The smallest absolute Gasteiger partial charge is 0.0903 e. The topological polar surface area (TPSA) is 12.9 Å². The van der Waals surface area contributed by atoms with Gasteiger partial charge in [-0.05, 0) is 19.9 Å². The van der Waals surface area contributed by atoms with E-state index < -0.39 is 0 Å². The van der Waals surface area contributed by atoms with Gasteiger partial charge >= 0.3 is 0 Å². The van der Waals surface area contributed by atoms with Crippen LogP contribution in [0.2, 0.25) is 0 Å². The molecule has 0 fully saturated rings.